The molecule has 0 aliphatic carbocycles. The van der Waals surface area contributed by atoms with Gasteiger partial charge in [0.2, 0.25) is 0 Å². The predicted molar refractivity (Wildman–Crippen MR) is 81.5 cm³/mol. The number of anilines is 1. The Labute approximate surface area is 123 Å². The molecule has 0 saturated carbocycles. The standard InChI is InChI=1S/C15H20N4O2/c1-4-5-10(2)12-9-13(18-17-12)16-15(21)11-6-7-19(3)14(20)8-11/h6-10H,4-5H2,1-3H3,(H2,16,17,18,21). The lowest BCUT2D eigenvalue weighted by Gasteiger charge is -2.05. The number of H-pyrrole nitrogens is 1. The van der Waals surface area contributed by atoms with Gasteiger partial charge >= 0.3 is 0 Å². The zero-order chi connectivity index (χ0) is 15.4. The minimum atomic E-state index is -0.339. The highest BCUT2D eigenvalue weighted by Gasteiger charge is 2.12. The first-order chi connectivity index (χ1) is 10.0. The average Bonchev–Trinajstić information content (AvgIpc) is 2.90. The first kappa shape index (κ1) is 15.0. The van der Waals surface area contributed by atoms with Crippen molar-refractivity contribution in [2.45, 2.75) is 32.6 Å². The summed E-state index contributed by atoms with van der Waals surface area (Å²) in [6.45, 7) is 4.25. The normalized spacial score (nSPS) is 12.1. The first-order valence-electron chi connectivity index (χ1n) is 7.04. The molecule has 2 N–H and O–H groups in total. The fraction of sp³-hybridized carbons (Fsp3) is 0.400. The summed E-state index contributed by atoms with van der Waals surface area (Å²) in [6, 6.07) is 4.74. The molecule has 0 spiro atoms. The Bertz CT molecular complexity index is 687. The van der Waals surface area contributed by atoms with E-state index in [-0.39, 0.29) is 11.5 Å². The van der Waals surface area contributed by atoms with Crippen LogP contribution in [-0.4, -0.2) is 20.7 Å². The average molecular weight is 288 g/mol. The third-order valence-corrected chi connectivity index (χ3v) is 3.46. The maximum absolute atomic E-state index is 12.1. The Hall–Kier alpha value is -2.37. The molecule has 2 heterocycles. The van der Waals surface area contributed by atoms with Crippen molar-refractivity contribution in [3.63, 3.8) is 0 Å². The van der Waals surface area contributed by atoms with Crippen LogP contribution in [0.3, 0.4) is 0 Å². The van der Waals surface area contributed by atoms with Gasteiger partial charge in [-0.15, -0.1) is 0 Å². The van der Waals surface area contributed by atoms with E-state index in [1.165, 1.54) is 10.6 Å². The van der Waals surface area contributed by atoms with Gasteiger partial charge in [0.1, 0.15) is 0 Å². The van der Waals surface area contributed by atoms with Crippen LogP contribution in [0.4, 0.5) is 5.82 Å². The number of hydrogen-bond acceptors (Lipinski definition) is 3. The summed E-state index contributed by atoms with van der Waals surface area (Å²) >= 11 is 0. The summed E-state index contributed by atoms with van der Waals surface area (Å²) in [5.74, 6) is 0.504. The van der Waals surface area contributed by atoms with E-state index >= 15 is 0 Å². The summed E-state index contributed by atoms with van der Waals surface area (Å²) in [5.41, 5.74) is 1.10. The van der Waals surface area contributed by atoms with E-state index in [1.807, 2.05) is 6.07 Å². The van der Waals surface area contributed by atoms with Crippen LogP contribution in [0.1, 0.15) is 48.7 Å². The van der Waals surface area contributed by atoms with Gasteiger partial charge in [-0.3, -0.25) is 14.7 Å². The molecule has 6 nitrogen and oxygen atoms in total. The molecule has 2 aromatic rings. The molecule has 0 aromatic carbocycles. The highest BCUT2D eigenvalue weighted by molar-refractivity contribution is 6.03. The number of aromatic nitrogens is 3. The monoisotopic (exact) mass is 288 g/mol. The number of nitrogens with zero attached hydrogens (tertiary/aromatic N) is 2. The van der Waals surface area contributed by atoms with Crippen molar-refractivity contribution in [3.8, 4) is 0 Å². The predicted octanol–water partition coefficient (Wildman–Crippen LogP) is 2.26. The number of aryl methyl sites for hydroxylation is 1. The Morgan fingerprint density at radius 1 is 1.48 bits per heavy atom. The van der Waals surface area contributed by atoms with Crippen LogP contribution in [-0.2, 0) is 7.05 Å². The smallest absolute Gasteiger partial charge is 0.257 e. The number of aromatic amines is 1. The fourth-order valence-corrected chi connectivity index (χ4v) is 2.12. The first-order valence-corrected chi connectivity index (χ1v) is 7.04. The van der Waals surface area contributed by atoms with Crippen LogP contribution in [0.15, 0.2) is 29.2 Å². The molecule has 2 rings (SSSR count). The van der Waals surface area contributed by atoms with Crippen molar-refractivity contribution in [2.24, 2.45) is 7.05 Å². The second kappa shape index (κ2) is 6.39. The van der Waals surface area contributed by atoms with Gasteiger partial charge in [0, 0.05) is 36.6 Å². The zero-order valence-corrected chi connectivity index (χ0v) is 12.5. The molecule has 1 amide bonds. The maximum atomic E-state index is 12.1. The number of hydrogen-bond donors (Lipinski definition) is 2. The van der Waals surface area contributed by atoms with Gasteiger partial charge in [0.05, 0.1) is 0 Å². The van der Waals surface area contributed by atoms with Gasteiger partial charge in [0.15, 0.2) is 5.82 Å². The van der Waals surface area contributed by atoms with Gasteiger partial charge in [0.25, 0.3) is 11.5 Å². The maximum Gasteiger partial charge on any atom is 0.257 e. The summed E-state index contributed by atoms with van der Waals surface area (Å²) in [4.78, 5) is 23.6. The molecule has 0 aliphatic rings. The third kappa shape index (κ3) is 3.59. The van der Waals surface area contributed by atoms with E-state index < -0.39 is 0 Å². The molecule has 0 saturated heterocycles. The van der Waals surface area contributed by atoms with Crippen molar-refractivity contribution in [2.75, 3.05) is 5.32 Å². The fourth-order valence-electron chi connectivity index (χ4n) is 2.12. The van der Waals surface area contributed by atoms with Gasteiger partial charge in [-0.2, -0.15) is 5.10 Å². The van der Waals surface area contributed by atoms with Crippen LogP contribution >= 0.6 is 0 Å². The molecule has 0 bridgehead atoms. The molecule has 6 heteroatoms. The van der Waals surface area contributed by atoms with E-state index in [4.69, 9.17) is 0 Å². The number of pyridine rings is 1. The van der Waals surface area contributed by atoms with Crippen molar-refractivity contribution in [1.29, 1.82) is 0 Å². The molecule has 112 valence electrons. The third-order valence-electron chi connectivity index (χ3n) is 3.46. The van der Waals surface area contributed by atoms with Gasteiger partial charge in [-0.25, -0.2) is 0 Å². The molecule has 0 fully saturated rings. The Balaban J connectivity index is 2.09. The number of carbonyl (C=O) groups excluding carboxylic acids is 1. The number of carbonyl (C=O) groups is 1. The van der Waals surface area contributed by atoms with E-state index in [9.17, 15) is 9.59 Å². The summed E-state index contributed by atoms with van der Waals surface area (Å²) in [6.07, 6.45) is 3.72. The largest absolute Gasteiger partial charge is 0.319 e. The number of nitrogens with one attached hydrogen (secondary N) is 2. The highest BCUT2D eigenvalue weighted by atomic mass is 16.2. The molecule has 2 aromatic heterocycles. The minimum Gasteiger partial charge on any atom is -0.319 e. The van der Waals surface area contributed by atoms with Gasteiger partial charge in [-0.1, -0.05) is 20.3 Å². The van der Waals surface area contributed by atoms with Crippen molar-refractivity contribution in [3.05, 3.63) is 46.0 Å². The molecule has 21 heavy (non-hydrogen) atoms. The summed E-state index contributed by atoms with van der Waals surface area (Å²) in [7, 11) is 1.64. The van der Waals surface area contributed by atoms with Crippen LogP contribution in [0, 0.1) is 0 Å². The summed E-state index contributed by atoms with van der Waals surface area (Å²) < 4.78 is 1.41. The number of amides is 1. The molecule has 0 radical (unpaired) electrons. The molecule has 1 atom stereocenters. The lowest BCUT2D eigenvalue weighted by atomic mass is 10.0. The lowest BCUT2D eigenvalue weighted by Crippen LogP contribution is -2.20. The highest BCUT2D eigenvalue weighted by Crippen LogP contribution is 2.20. The molecule has 0 aliphatic heterocycles. The van der Waals surface area contributed by atoms with Crippen molar-refractivity contribution >= 4 is 11.7 Å². The Kier molecular flexibility index (Phi) is 4.57. The van der Waals surface area contributed by atoms with Crippen molar-refractivity contribution in [1.82, 2.24) is 14.8 Å². The summed E-state index contributed by atoms with van der Waals surface area (Å²) in [5, 5.41) is 9.71. The second-order valence-electron chi connectivity index (χ2n) is 5.22. The zero-order valence-electron chi connectivity index (χ0n) is 12.5. The van der Waals surface area contributed by atoms with E-state index in [1.54, 1.807) is 19.3 Å². The Morgan fingerprint density at radius 2 is 2.24 bits per heavy atom. The Morgan fingerprint density at radius 3 is 2.90 bits per heavy atom. The second-order valence-corrected chi connectivity index (χ2v) is 5.22. The van der Waals surface area contributed by atoms with Gasteiger partial charge in [-0.05, 0) is 18.4 Å². The molecule has 1 unspecified atom stereocenters. The van der Waals surface area contributed by atoms with E-state index in [0.29, 0.717) is 17.3 Å². The minimum absolute atomic E-state index is 0.220. The van der Waals surface area contributed by atoms with Crippen LogP contribution < -0.4 is 10.9 Å². The van der Waals surface area contributed by atoms with Crippen LogP contribution in [0.5, 0.6) is 0 Å². The van der Waals surface area contributed by atoms with Crippen LogP contribution in [0.2, 0.25) is 0 Å². The van der Waals surface area contributed by atoms with Gasteiger partial charge < -0.3 is 9.88 Å². The van der Waals surface area contributed by atoms with Crippen LogP contribution in [0.25, 0.3) is 0 Å². The topological polar surface area (TPSA) is 79.8 Å². The molecular formula is C15H20N4O2. The lowest BCUT2D eigenvalue weighted by molar-refractivity contribution is 0.102. The SMILES string of the molecule is CCCC(C)c1cc(NC(=O)c2ccn(C)c(=O)c2)n[nH]1. The quantitative estimate of drug-likeness (QED) is 0.885. The van der Waals surface area contributed by atoms with E-state index in [0.717, 1.165) is 18.5 Å². The number of rotatable bonds is 5. The van der Waals surface area contributed by atoms with Crippen molar-refractivity contribution < 1.29 is 4.79 Å². The van der Waals surface area contributed by atoms with E-state index in [2.05, 4.69) is 29.4 Å². The molecular weight excluding hydrogens is 268 g/mol.